The highest BCUT2D eigenvalue weighted by molar-refractivity contribution is 7.98. The summed E-state index contributed by atoms with van der Waals surface area (Å²) in [7, 11) is 2.07. The van der Waals surface area contributed by atoms with Crippen LogP contribution in [0.4, 0.5) is 5.82 Å². The molecule has 0 atom stereocenters. The molecular formula is C11H16N4O2S. The third-order valence-corrected chi connectivity index (χ3v) is 3.69. The second-order valence-electron chi connectivity index (χ2n) is 4.22. The molecular weight excluding hydrogens is 252 g/mol. The molecule has 0 bridgehead atoms. The molecule has 1 aliphatic rings. The number of thioether (sulfide) groups is 1. The largest absolute Gasteiger partial charge is 0.478 e. The third-order valence-electron chi connectivity index (χ3n) is 3.00. The predicted octanol–water partition coefficient (Wildman–Crippen LogP) is 0.649. The zero-order chi connectivity index (χ0) is 13.1. The lowest BCUT2D eigenvalue weighted by atomic mass is 10.2. The molecule has 18 heavy (non-hydrogen) atoms. The van der Waals surface area contributed by atoms with E-state index in [-0.39, 0.29) is 5.56 Å². The van der Waals surface area contributed by atoms with Gasteiger partial charge in [-0.05, 0) is 19.4 Å². The minimum Gasteiger partial charge on any atom is -0.478 e. The van der Waals surface area contributed by atoms with Gasteiger partial charge < -0.3 is 14.9 Å². The molecule has 0 spiro atoms. The molecule has 98 valence electrons. The van der Waals surface area contributed by atoms with Crippen molar-refractivity contribution in [1.29, 1.82) is 0 Å². The Kier molecular flexibility index (Phi) is 4.03. The number of nitrogens with zero attached hydrogens (tertiary/aromatic N) is 4. The van der Waals surface area contributed by atoms with Gasteiger partial charge >= 0.3 is 5.97 Å². The fourth-order valence-corrected chi connectivity index (χ4v) is 2.35. The highest BCUT2D eigenvalue weighted by Crippen LogP contribution is 2.21. The summed E-state index contributed by atoms with van der Waals surface area (Å²) >= 11 is 1.30. The molecule has 0 aliphatic carbocycles. The first-order valence-electron chi connectivity index (χ1n) is 5.70. The van der Waals surface area contributed by atoms with Crippen LogP contribution >= 0.6 is 11.8 Å². The summed E-state index contributed by atoms with van der Waals surface area (Å²) in [5.41, 5.74) is 0.228. The van der Waals surface area contributed by atoms with Crippen molar-refractivity contribution in [1.82, 2.24) is 15.1 Å². The molecule has 0 unspecified atom stereocenters. The van der Waals surface area contributed by atoms with Crippen molar-refractivity contribution in [2.45, 2.75) is 5.03 Å². The van der Waals surface area contributed by atoms with E-state index in [4.69, 9.17) is 5.11 Å². The summed E-state index contributed by atoms with van der Waals surface area (Å²) in [6.45, 7) is 3.61. The topological polar surface area (TPSA) is 69.6 Å². The smallest absolute Gasteiger partial charge is 0.338 e. The van der Waals surface area contributed by atoms with Crippen LogP contribution in [0.25, 0.3) is 0 Å². The lowest BCUT2D eigenvalue weighted by molar-refractivity contribution is 0.0692. The molecule has 1 saturated heterocycles. The monoisotopic (exact) mass is 268 g/mol. The Labute approximate surface area is 110 Å². The van der Waals surface area contributed by atoms with Crippen molar-refractivity contribution in [2.75, 3.05) is 44.4 Å². The van der Waals surface area contributed by atoms with Crippen LogP contribution in [0.1, 0.15) is 10.4 Å². The van der Waals surface area contributed by atoms with Gasteiger partial charge in [0, 0.05) is 26.2 Å². The number of likely N-dealkylation sites (N-methyl/N-ethyl adjacent to an activating group) is 1. The molecule has 6 nitrogen and oxygen atoms in total. The second-order valence-corrected chi connectivity index (χ2v) is 5.02. The van der Waals surface area contributed by atoms with E-state index in [1.807, 2.05) is 0 Å². The number of aromatic carboxylic acids is 1. The van der Waals surface area contributed by atoms with Crippen LogP contribution in [0, 0.1) is 0 Å². The van der Waals surface area contributed by atoms with Crippen molar-refractivity contribution in [3.05, 3.63) is 11.6 Å². The zero-order valence-corrected chi connectivity index (χ0v) is 11.3. The van der Waals surface area contributed by atoms with Crippen LogP contribution in [0.15, 0.2) is 11.1 Å². The molecule has 2 heterocycles. The molecule has 1 aliphatic heterocycles. The normalized spacial score (nSPS) is 16.9. The minimum atomic E-state index is -0.954. The Morgan fingerprint density at radius 3 is 2.56 bits per heavy atom. The molecule has 1 aromatic rings. The van der Waals surface area contributed by atoms with Crippen molar-refractivity contribution in [2.24, 2.45) is 0 Å². The Balaban J connectivity index is 2.24. The molecule has 1 N–H and O–H groups in total. The number of rotatable bonds is 3. The first-order chi connectivity index (χ1) is 8.61. The maximum atomic E-state index is 11.2. The number of piperazine rings is 1. The summed E-state index contributed by atoms with van der Waals surface area (Å²) in [4.78, 5) is 15.5. The summed E-state index contributed by atoms with van der Waals surface area (Å²) in [6.07, 6.45) is 1.80. The van der Waals surface area contributed by atoms with Crippen molar-refractivity contribution in [3.8, 4) is 0 Å². The van der Waals surface area contributed by atoms with E-state index in [1.54, 1.807) is 12.3 Å². The third kappa shape index (κ3) is 2.73. The summed E-state index contributed by atoms with van der Waals surface area (Å²) in [5, 5.41) is 17.7. The number of carboxylic acids is 1. The van der Waals surface area contributed by atoms with Crippen LogP contribution in [0.2, 0.25) is 0 Å². The molecule has 0 saturated carbocycles. The Hall–Kier alpha value is -1.34. The van der Waals surface area contributed by atoms with Gasteiger partial charge in [-0.25, -0.2) is 4.79 Å². The molecule has 2 rings (SSSR count). The number of hydrogen-bond acceptors (Lipinski definition) is 6. The number of anilines is 1. The fraction of sp³-hybridized carbons (Fsp3) is 0.545. The zero-order valence-electron chi connectivity index (χ0n) is 10.5. The number of carboxylic acid groups (broad SMARTS) is 1. The van der Waals surface area contributed by atoms with E-state index in [0.717, 1.165) is 26.2 Å². The maximum absolute atomic E-state index is 11.2. The predicted molar refractivity (Wildman–Crippen MR) is 70.5 cm³/mol. The highest BCUT2D eigenvalue weighted by atomic mass is 32.2. The summed E-state index contributed by atoms with van der Waals surface area (Å²) in [6, 6.07) is 1.62. The van der Waals surface area contributed by atoms with Gasteiger partial charge in [0.1, 0.15) is 5.03 Å². The van der Waals surface area contributed by atoms with E-state index in [0.29, 0.717) is 10.8 Å². The van der Waals surface area contributed by atoms with Gasteiger partial charge in [0.2, 0.25) is 0 Å². The van der Waals surface area contributed by atoms with Crippen LogP contribution in [-0.2, 0) is 0 Å². The summed E-state index contributed by atoms with van der Waals surface area (Å²) in [5.74, 6) is -0.303. The fourth-order valence-electron chi connectivity index (χ4n) is 1.86. The molecule has 0 radical (unpaired) electrons. The van der Waals surface area contributed by atoms with E-state index < -0.39 is 5.97 Å². The molecule has 0 amide bonds. The second kappa shape index (κ2) is 5.53. The number of hydrogen-bond donors (Lipinski definition) is 1. The molecule has 1 fully saturated rings. The van der Waals surface area contributed by atoms with Crippen LogP contribution in [0.3, 0.4) is 0 Å². The van der Waals surface area contributed by atoms with Gasteiger partial charge in [0.25, 0.3) is 0 Å². The van der Waals surface area contributed by atoms with Gasteiger partial charge in [0.05, 0.1) is 5.56 Å². The highest BCUT2D eigenvalue weighted by Gasteiger charge is 2.19. The van der Waals surface area contributed by atoms with Crippen LogP contribution in [-0.4, -0.2) is 65.7 Å². The van der Waals surface area contributed by atoms with E-state index in [1.165, 1.54) is 11.8 Å². The Morgan fingerprint density at radius 1 is 1.33 bits per heavy atom. The SMILES string of the molecule is CSc1nnc(N2CCN(C)CC2)cc1C(=O)O. The first-order valence-corrected chi connectivity index (χ1v) is 6.93. The van der Waals surface area contributed by atoms with Crippen LogP contribution in [0.5, 0.6) is 0 Å². The Bertz CT molecular complexity index is 447. The van der Waals surface area contributed by atoms with E-state index >= 15 is 0 Å². The van der Waals surface area contributed by atoms with E-state index in [9.17, 15) is 4.79 Å². The lowest BCUT2D eigenvalue weighted by Gasteiger charge is -2.33. The number of aromatic nitrogens is 2. The van der Waals surface area contributed by atoms with Crippen molar-refractivity contribution >= 4 is 23.5 Å². The van der Waals surface area contributed by atoms with Gasteiger partial charge in [-0.1, -0.05) is 0 Å². The average molecular weight is 268 g/mol. The molecule has 7 heteroatoms. The minimum absolute atomic E-state index is 0.228. The summed E-state index contributed by atoms with van der Waals surface area (Å²) < 4.78 is 0. The van der Waals surface area contributed by atoms with E-state index in [2.05, 4.69) is 27.0 Å². The number of carbonyl (C=O) groups is 1. The quantitative estimate of drug-likeness (QED) is 0.807. The van der Waals surface area contributed by atoms with Crippen LogP contribution < -0.4 is 4.90 Å². The first kappa shape index (κ1) is 13.1. The standard InChI is InChI=1S/C11H16N4O2S/c1-14-3-5-15(6-4-14)9-7-8(11(16)17)10(18-2)13-12-9/h7H,3-6H2,1-2H3,(H,16,17). The Morgan fingerprint density at radius 2 is 2.00 bits per heavy atom. The average Bonchev–Trinajstić information content (AvgIpc) is 2.39. The molecule has 0 aromatic carbocycles. The maximum Gasteiger partial charge on any atom is 0.338 e. The molecule has 1 aromatic heterocycles. The van der Waals surface area contributed by atoms with Crippen molar-refractivity contribution < 1.29 is 9.90 Å². The van der Waals surface area contributed by atoms with Gasteiger partial charge in [-0.3, -0.25) is 0 Å². The van der Waals surface area contributed by atoms with Crippen molar-refractivity contribution in [3.63, 3.8) is 0 Å². The lowest BCUT2D eigenvalue weighted by Crippen LogP contribution is -2.45. The van der Waals surface area contributed by atoms with Gasteiger partial charge in [0.15, 0.2) is 5.82 Å². The van der Waals surface area contributed by atoms with Gasteiger partial charge in [-0.15, -0.1) is 22.0 Å². The van der Waals surface area contributed by atoms with Gasteiger partial charge in [-0.2, -0.15) is 0 Å².